The van der Waals surface area contributed by atoms with E-state index >= 15 is 0 Å². The molecule has 21 heavy (non-hydrogen) atoms. The van der Waals surface area contributed by atoms with Crippen LogP contribution >= 0.6 is 0 Å². The highest BCUT2D eigenvalue weighted by Crippen LogP contribution is 2.44. The number of rotatable bonds is 5. The Morgan fingerprint density at radius 3 is 1.81 bits per heavy atom. The third kappa shape index (κ3) is 2.75. The molecule has 0 saturated carbocycles. The van der Waals surface area contributed by atoms with Gasteiger partial charge in [0.25, 0.3) is 0 Å². The minimum Gasteiger partial charge on any atom is -0.289 e. The SMILES string of the molecule is CCC1c2ccccc2C(CC)N1CCc1ccccc1. The third-order valence-corrected chi connectivity index (χ3v) is 4.79. The predicted octanol–water partition coefficient (Wildman–Crippen LogP) is 5.15. The number of fused-ring (bicyclic) bond motifs is 1. The fraction of sp³-hybridized carbons (Fsp3) is 0.400. The molecule has 0 spiro atoms. The summed E-state index contributed by atoms with van der Waals surface area (Å²) in [5.74, 6) is 0. The Morgan fingerprint density at radius 2 is 1.29 bits per heavy atom. The lowest BCUT2D eigenvalue weighted by atomic mass is 10.00. The molecule has 0 fully saturated rings. The van der Waals surface area contributed by atoms with Crippen LogP contribution in [0.5, 0.6) is 0 Å². The van der Waals surface area contributed by atoms with Crippen molar-refractivity contribution >= 4 is 0 Å². The summed E-state index contributed by atoms with van der Waals surface area (Å²) in [5, 5.41) is 0. The van der Waals surface area contributed by atoms with Crippen LogP contribution in [0.15, 0.2) is 54.6 Å². The van der Waals surface area contributed by atoms with Crippen LogP contribution in [-0.4, -0.2) is 11.4 Å². The summed E-state index contributed by atoms with van der Waals surface area (Å²) in [5.41, 5.74) is 4.55. The van der Waals surface area contributed by atoms with Gasteiger partial charge < -0.3 is 0 Å². The van der Waals surface area contributed by atoms with Crippen molar-refractivity contribution < 1.29 is 0 Å². The number of benzene rings is 2. The molecule has 1 aliphatic rings. The molecule has 2 atom stereocenters. The molecule has 0 radical (unpaired) electrons. The van der Waals surface area contributed by atoms with Crippen LogP contribution in [0.25, 0.3) is 0 Å². The third-order valence-electron chi connectivity index (χ3n) is 4.79. The zero-order valence-corrected chi connectivity index (χ0v) is 13.1. The zero-order chi connectivity index (χ0) is 14.7. The lowest BCUT2D eigenvalue weighted by molar-refractivity contribution is 0.155. The fourth-order valence-electron chi connectivity index (χ4n) is 3.82. The largest absolute Gasteiger partial charge is 0.289 e. The Balaban J connectivity index is 1.81. The highest BCUT2D eigenvalue weighted by molar-refractivity contribution is 5.37. The molecule has 2 aromatic rings. The minimum atomic E-state index is 0.592. The van der Waals surface area contributed by atoms with E-state index in [0.29, 0.717) is 12.1 Å². The van der Waals surface area contributed by atoms with Gasteiger partial charge in [-0.3, -0.25) is 4.90 Å². The van der Waals surface area contributed by atoms with E-state index in [1.807, 2.05) is 0 Å². The molecular weight excluding hydrogens is 254 g/mol. The summed E-state index contributed by atoms with van der Waals surface area (Å²) >= 11 is 0. The Hall–Kier alpha value is -1.60. The van der Waals surface area contributed by atoms with Crippen molar-refractivity contribution in [3.05, 3.63) is 71.3 Å². The molecule has 2 unspecified atom stereocenters. The molecule has 0 N–H and O–H groups in total. The molecule has 0 aliphatic carbocycles. The van der Waals surface area contributed by atoms with Crippen LogP contribution in [0.1, 0.15) is 55.5 Å². The molecule has 0 amide bonds. The molecule has 1 heterocycles. The van der Waals surface area contributed by atoms with E-state index in [0.717, 1.165) is 13.0 Å². The lowest BCUT2D eigenvalue weighted by Gasteiger charge is -2.29. The van der Waals surface area contributed by atoms with E-state index in [4.69, 9.17) is 0 Å². The first-order valence-electron chi connectivity index (χ1n) is 8.23. The molecular formula is C20H25N. The van der Waals surface area contributed by atoms with Crippen molar-refractivity contribution in [3.8, 4) is 0 Å². The number of hydrogen-bond acceptors (Lipinski definition) is 1. The van der Waals surface area contributed by atoms with E-state index in [1.165, 1.54) is 18.4 Å². The van der Waals surface area contributed by atoms with Crippen LogP contribution in [0.4, 0.5) is 0 Å². The Bertz CT molecular complexity index is 544. The Morgan fingerprint density at radius 1 is 0.762 bits per heavy atom. The molecule has 3 rings (SSSR count). The van der Waals surface area contributed by atoms with Crippen LogP contribution in [0.3, 0.4) is 0 Å². The first-order chi connectivity index (χ1) is 10.3. The van der Waals surface area contributed by atoms with E-state index in [-0.39, 0.29) is 0 Å². The standard InChI is InChI=1S/C20H25N/c1-3-19-17-12-8-9-13-18(17)20(4-2)21(19)15-14-16-10-6-5-7-11-16/h5-13,19-20H,3-4,14-15H2,1-2H3. The average Bonchev–Trinajstić information content (AvgIpc) is 2.86. The van der Waals surface area contributed by atoms with Crippen LogP contribution < -0.4 is 0 Å². The summed E-state index contributed by atoms with van der Waals surface area (Å²) in [6.45, 7) is 5.78. The van der Waals surface area contributed by atoms with Crippen molar-refractivity contribution in [2.45, 2.75) is 45.2 Å². The van der Waals surface area contributed by atoms with Crippen molar-refractivity contribution in [1.82, 2.24) is 4.90 Å². The summed E-state index contributed by atoms with van der Waals surface area (Å²) < 4.78 is 0. The molecule has 110 valence electrons. The Labute approximate surface area is 128 Å². The zero-order valence-electron chi connectivity index (χ0n) is 13.1. The lowest BCUT2D eigenvalue weighted by Crippen LogP contribution is -2.28. The Kier molecular flexibility index (Phi) is 4.40. The van der Waals surface area contributed by atoms with Gasteiger partial charge in [0.15, 0.2) is 0 Å². The summed E-state index contributed by atoms with van der Waals surface area (Å²) in [6.07, 6.45) is 3.53. The van der Waals surface area contributed by atoms with Crippen LogP contribution in [0.2, 0.25) is 0 Å². The second-order valence-electron chi connectivity index (χ2n) is 5.95. The molecule has 0 bridgehead atoms. The van der Waals surface area contributed by atoms with Gasteiger partial charge in [-0.2, -0.15) is 0 Å². The van der Waals surface area contributed by atoms with Crippen molar-refractivity contribution in [2.75, 3.05) is 6.54 Å². The highest BCUT2D eigenvalue weighted by Gasteiger charge is 2.35. The molecule has 0 saturated heterocycles. The smallest absolute Gasteiger partial charge is 0.0355 e. The molecule has 1 aliphatic heterocycles. The molecule has 2 aromatic carbocycles. The molecule has 1 nitrogen and oxygen atoms in total. The van der Waals surface area contributed by atoms with Gasteiger partial charge in [0.05, 0.1) is 0 Å². The topological polar surface area (TPSA) is 3.24 Å². The molecule has 0 aromatic heterocycles. The van der Waals surface area contributed by atoms with Crippen molar-refractivity contribution in [3.63, 3.8) is 0 Å². The fourth-order valence-corrected chi connectivity index (χ4v) is 3.82. The maximum Gasteiger partial charge on any atom is 0.0355 e. The van der Waals surface area contributed by atoms with Gasteiger partial charge in [0, 0.05) is 18.6 Å². The second-order valence-corrected chi connectivity index (χ2v) is 5.95. The summed E-state index contributed by atoms with van der Waals surface area (Å²) in [7, 11) is 0. The number of hydrogen-bond donors (Lipinski definition) is 0. The van der Waals surface area contributed by atoms with Gasteiger partial charge in [-0.1, -0.05) is 68.4 Å². The van der Waals surface area contributed by atoms with E-state index in [1.54, 1.807) is 11.1 Å². The van der Waals surface area contributed by atoms with E-state index < -0.39 is 0 Å². The predicted molar refractivity (Wildman–Crippen MR) is 89.4 cm³/mol. The van der Waals surface area contributed by atoms with Gasteiger partial charge in [-0.25, -0.2) is 0 Å². The highest BCUT2D eigenvalue weighted by atomic mass is 15.2. The number of nitrogens with zero attached hydrogens (tertiary/aromatic N) is 1. The van der Waals surface area contributed by atoms with Crippen LogP contribution in [-0.2, 0) is 6.42 Å². The second kappa shape index (κ2) is 6.44. The summed E-state index contributed by atoms with van der Waals surface area (Å²) in [4.78, 5) is 2.72. The van der Waals surface area contributed by atoms with Gasteiger partial charge >= 0.3 is 0 Å². The van der Waals surface area contributed by atoms with Crippen molar-refractivity contribution in [2.24, 2.45) is 0 Å². The maximum atomic E-state index is 2.72. The average molecular weight is 279 g/mol. The van der Waals surface area contributed by atoms with Gasteiger partial charge in [0.2, 0.25) is 0 Å². The first kappa shape index (κ1) is 14.3. The van der Waals surface area contributed by atoms with Crippen LogP contribution in [0, 0.1) is 0 Å². The van der Waals surface area contributed by atoms with Crippen molar-refractivity contribution in [1.29, 1.82) is 0 Å². The maximum absolute atomic E-state index is 2.72. The van der Waals surface area contributed by atoms with E-state index in [9.17, 15) is 0 Å². The minimum absolute atomic E-state index is 0.592. The monoisotopic (exact) mass is 279 g/mol. The van der Waals surface area contributed by atoms with Gasteiger partial charge in [-0.15, -0.1) is 0 Å². The van der Waals surface area contributed by atoms with Gasteiger partial charge in [-0.05, 0) is 36.0 Å². The normalized spacial score (nSPS) is 21.4. The summed E-state index contributed by atoms with van der Waals surface area (Å²) in [6, 6.07) is 21.1. The molecule has 1 heteroatoms. The quantitative estimate of drug-likeness (QED) is 0.732. The first-order valence-corrected chi connectivity index (χ1v) is 8.23. The van der Waals surface area contributed by atoms with Gasteiger partial charge in [0.1, 0.15) is 0 Å². The van der Waals surface area contributed by atoms with E-state index in [2.05, 4.69) is 73.3 Å².